The van der Waals surface area contributed by atoms with E-state index in [1.54, 1.807) is 6.20 Å². The quantitative estimate of drug-likeness (QED) is 0.399. The average molecular weight is 483 g/mol. The summed E-state index contributed by atoms with van der Waals surface area (Å²) in [5.41, 5.74) is 5.41. The van der Waals surface area contributed by atoms with Crippen molar-refractivity contribution in [2.24, 2.45) is 0 Å². The summed E-state index contributed by atoms with van der Waals surface area (Å²) < 4.78 is 4.90. The monoisotopic (exact) mass is 483 g/mol. The molecule has 7 heteroatoms. The predicted octanol–water partition coefficient (Wildman–Crippen LogP) is 4.33. The van der Waals surface area contributed by atoms with Gasteiger partial charge in [-0.3, -0.25) is 13.9 Å². The van der Waals surface area contributed by atoms with Gasteiger partial charge in [0.05, 0.1) is 18.4 Å². The number of halogens is 1. The van der Waals surface area contributed by atoms with Crippen LogP contribution in [0, 0.1) is 10.6 Å². The van der Waals surface area contributed by atoms with Crippen LogP contribution < -0.4 is 4.90 Å². The van der Waals surface area contributed by atoms with Crippen molar-refractivity contribution in [2.75, 3.05) is 11.4 Å². The van der Waals surface area contributed by atoms with Crippen LogP contribution in [0.25, 0.3) is 16.8 Å². The SMILES string of the molecule is Cc1ccc(N2C[C@H](C)n3ncc(-c4ccc5ncc(I)n5c4)c3C2=O)cc1. The fourth-order valence-corrected chi connectivity index (χ4v) is 4.26. The molecular weight excluding hydrogens is 465 g/mol. The normalized spacial score (nSPS) is 16.6. The summed E-state index contributed by atoms with van der Waals surface area (Å²) in [5.74, 6) is -0.0186. The first-order valence-corrected chi connectivity index (χ1v) is 10.2. The molecule has 6 nitrogen and oxygen atoms in total. The fourth-order valence-electron chi connectivity index (χ4n) is 3.73. The van der Waals surface area contributed by atoms with Crippen LogP contribution in [0.4, 0.5) is 5.69 Å². The molecule has 1 aromatic carbocycles. The Hall–Kier alpha value is -2.68. The highest BCUT2D eigenvalue weighted by atomic mass is 127. The van der Waals surface area contributed by atoms with Crippen LogP contribution in [0.5, 0.6) is 0 Å². The van der Waals surface area contributed by atoms with Crippen molar-refractivity contribution in [1.29, 1.82) is 0 Å². The second-order valence-electron chi connectivity index (χ2n) is 7.18. The van der Waals surface area contributed by atoms with Gasteiger partial charge in [0.1, 0.15) is 15.0 Å². The molecule has 4 heterocycles. The highest BCUT2D eigenvalue weighted by Crippen LogP contribution is 2.33. The number of aryl methyl sites for hydroxylation is 1. The van der Waals surface area contributed by atoms with Crippen LogP contribution in [-0.2, 0) is 0 Å². The molecule has 0 aliphatic carbocycles. The van der Waals surface area contributed by atoms with Gasteiger partial charge in [-0.2, -0.15) is 5.10 Å². The summed E-state index contributed by atoms with van der Waals surface area (Å²) in [5, 5.41) is 4.54. The Balaban J connectivity index is 1.63. The number of pyridine rings is 1. The molecule has 0 N–H and O–H groups in total. The number of benzene rings is 1. The first kappa shape index (κ1) is 17.4. The molecular formula is C21H18IN5O. The number of fused-ring (bicyclic) bond motifs is 2. The molecule has 140 valence electrons. The van der Waals surface area contributed by atoms with Crippen LogP contribution in [-0.4, -0.2) is 31.6 Å². The van der Waals surface area contributed by atoms with Gasteiger partial charge in [0.2, 0.25) is 0 Å². The summed E-state index contributed by atoms with van der Waals surface area (Å²) >= 11 is 2.26. The second kappa shape index (κ2) is 6.44. The minimum atomic E-state index is -0.0186. The van der Waals surface area contributed by atoms with Crippen molar-refractivity contribution < 1.29 is 4.79 Å². The summed E-state index contributed by atoms with van der Waals surface area (Å²) in [6.45, 7) is 4.75. The average Bonchev–Trinajstić information content (AvgIpc) is 3.30. The van der Waals surface area contributed by atoms with Gasteiger partial charge in [-0.25, -0.2) is 4.98 Å². The number of rotatable bonds is 2. The number of hydrogen-bond acceptors (Lipinski definition) is 3. The minimum Gasteiger partial charge on any atom is -0.305 e. The Kier molecular flexibility index (Phi) is 4.01. The van der Waals surface area contributed by atoms with Gasteiger partial charge in [0, 0.05) is 29.6 Å². The van der Waals surface area contributed by atoms with E-state index in [-0.39, 0.29) is 11.9 Å². The van der Waals surface area contributed by atoms with E-state index in [2.05, 4.69) is 39.6 Å². The highest BCUT2D eigenvalue weighted by molar-refractivity contribution is 14.1. The summed E-state index contributed by atoms with van der Waals surface area (Å²) in [7, 11) is 0. The maximum absolute atomic E-state index is 13.4. The number of aromatic nitrogens is 4. The Bertz CT molecular complexity index is 1210. The Morgan fingerprint density at radius 3 is 2.68 bits per heavy atom. The number of hydrogen-bond donors (Lipinski definition) is 0. The topological polar surface area (TPSA) is 55.4 Å². The van der Waals surface area contributed by atoms with E-state index in [1.165, 1.54) is 5.56 Å². The van der Waals surface area contributed by atoms with Crippen LogP contribution in [0.15, 0.2) is 55.0 Å². The zero-order valence-electron chi connectivity index (χ0n) is 15.5. The molecule has 5 rings (SSSR count). The first-order chi connectivity index (χ1) is 13.5. The number of nitrogens with zero attached hydrogens (tertiary/aromatic N) is 5. The Morgan fingerprint density at radius 2 is 1.89 bits per heavy atom. The molecule has 0 spiro atoms. The third-order valence-electron chi connectivity index (χ3n) is 5.22. The smallest absolute Gasteiger partial charge is 0.277 e. The van der Waals surface area contributed by atoms with Crippen LogP contribution in [0.2, 0.25) is 0 Å². The van der Waals surface area contributed by atoms with Gasteiger partial charge in [-0.15, -0.1) is 0 Å². The highest BCUT2D eigenvalue weighted by Gasteiger charge is 2.33. The largest absolute Gasteiger partial charge is 0.305 e. The van der Waals surface area contributed by atoms with Gasteiger partial charge in [0.25, 0.3) is 5.91 Å². The number of imidazole rings is 1. The number of carbonyl (C=O) groups is 1. The Morgan fingerprint density at radius 1 is 1.11 bits per heavy atom. The molecule has 0 fully saturated rings. The standard InChI is InChI=1S/C21H18IN5O/c1-13-3-6-16(7-4-13)25-11-14(2)27-20(21(25)28)17(9-24-27)15-5-8-19-23-10-18(22)26(19)12-15/h3-10,12,14H,11H2,1-2H3/t14-/m0/s1. The molecule has 1 amide bonds. The summed E-state index contributed by atoms with van der Waals surface area (Å²) in [6, 6.07) is 12.1. The second-order valence-corrected chi connectivity index (χ2v) is 8.28. The van der Waals surface area contributed by atoms with E-state index in [0.29, 0.717) is 12.2 Å². The van der Waals surface area contributed by atoms with Crippen molar-refractivity contribution in [2.45, 2.75) is 19.9 Å². The number of anilines is 1. The lowest BCUT2D eigenvalue weighted by atomic mass is 10.0. The van der Waals surface area contributed by atoms with E-state index >= 15 is 0 Å². The van der Waals surface area contributed by atoms with E-state index in [4.69, 9.17) is 0 Å². The fraction of sp³-hybridized carbons (Fsp3) is 0.190. The lowest BCUT2D eigenvalue weighted by Crippen LogP contribution is -2.42. The summed E-state index contributed by atoms with van der Waals surface area (Å²) in [6.07, 6.45) is 5.65. The van der Waals surface area contributed by atoms with E-state index in [9.17, 15) is 4.79 Å². The molecule has 1 aliphatic rings. The van der Waals surface area contributed by atoms with E-state index < -0.39 is 0 Å². The lowest BCUT2D eigenvalue weighted by molar-refractivity contribution is 0.0954. The minimum absolute atomic E-state index is 0.0186. The van der Waals surface area contributed by atoms with E-state index in [0.717, 1.165) is 26.2 Å². The zero-order chi connectivity index (χ0) is 19.4. The van der Waals surface area contributed by atoms with Crippen molar-refractivity contribution >= 4 is 39.8 Å². The number of amides is 1. The maximum Gasteiger partial charge on any atom is 0.277 e. The zero-order valence-corrected chi connectivity index (χ0v) is 17.7. The predicted molar refractivity (Wildman–Crippen MR) is 117 cm³/mol. The van der Waals surface area contributed by atoms with Crippen LogP contribution in [0.1, 0.15) is 29.0 Å². The van der Waals surface area contributed by atoms with Crippen molar-refractivity contribution in [3.8, 4) is 11.1 Å². The van der Waals surface area contributed by atoms with Crippen LogP contribution >= 0.6 is 22.6 Å². The molecule has 0 bridgehead atoms. The van der Waals surface area contributed by atoms with Gasteiger partial charge in [-0.1, -0.05) is 17.7 Å². The van der Waals surface area contributed by atoms with E-state index in [1.807, 2.05) is 69.7 Å². The number of carbonyl (C=O) groups excluding carboxylic acids is 1. The molecule has 0 saturated heterocycles. The maximum atomic E-state index is 13.4. The molecule has 0 unspecified atom stereocenters. The van der Waals surface area contributed by atoms with Crippen molar-refractivity contribution in [3.63, 3.8) is 0 Å². The molecule has 1 aliphatic heterocycles. The molecule has 0 radical (unpaired) electrons. The summed E-state index contributed by atoms with van der Waals surface area (Å²) in [4.78, 5) is 19.7. The third kappa shape index (κ3) is 2.64. The Labute approximate surface area is 175 Å². The molecule has 0 saturated carbocycles. The molecule has 28 heavy (non-hydrogen) atoms. The molecule has 3 aromatic heterocycles. The van der Waals surface area contributed by atoms with Gasteiger partial charge < -0.3 is 4.90 Å². The first-order valence-electron chi connectivity index (χ1n) is 9.12. The van der Waals surface area contributed by atoms with Gasteiger partial charge in [-0.05, 0) is 60.7 Å². The van der Waals surface area contributed by atoms with Gasteiger partial charge >= 0.3 is 0 Å². The molecule has 4 aromatic rings. The molecule has 1 atom stereocenters. The van der Waals surface area contributed by atoms with Gasteiger partial charge in [0.15, 0.2) is 0 Å². The third-order valence-corrected chi connectivity index (χ3v) is 6.02. The lowest BCUT2D eigenvalue weighted by Gasteiger charge is -2.32. The van der Waals surface area contributed by atoms with Crippen molar-refractivity contribution in [1.82, 2.24) is 19.2 Å². The van der Waals surface area contributed by atoms with Crippen LogP contribution in [0.3, 0.4) is 0 Å². The van der Waals surface area contributed by atoms with Crippen molar-refractivity contribution in [3.05, 3.63) is 69.9 Å².